The lowest BCUT2D eigenvalue weighted by molar-refractivity contribution is -0.172. The van der Waals surface area contributed by atoms with E-state index >= 15 is 0 Å². The van der Waals surface area contributed by atoms with Crippen molar-refractivity contribution in [3.8, 4) is 0 Å². The molecule has 0 spiro atoms. The van der Waals surface area contributed by atoms with Gasteiger partial charge in [0.25, 0.3) is 0 Å². The third-order valence-corrected chi connectivity index (χ3v) is 6.21. The fraction of sp³-hybridized carbons (Fsp3) is 0.778. The normalized spacial score (nSPS) is 15.6. The predicted octanol–water partition coefficient (Wildman–Crippen LogP) is 0.836. The first kappa shape index (κ1) is 17.9. The van der Waals surface area contributed by atoms with Gasteiger partial charge in [-0.2, -0.15) is 0 Å². The highest BCUT2D eigenvalue weighted by Gasteiger charge is 2.27. The van der Waals surface area contributed by atoms with E-state index in [0.29, 0.717) is 11.4 Å². The Labute approximate surface area is 115 Å². The molecule has 0 radical (unpaired) electrons. The number of rotatable bonds is 8. The van der Waals surface area contributed by atoms with Crippen LogP contribution < -0.4 is 4.89 Å². The minimum absolute atomic E-state index is 0.160. The van der Waals surface area contributed by atoms with E-state index in [1.54, 1.807) is 13.8 Å². The largest absolute Gasteiger partial charge is 0.793 e. The number of ether oxygens (including phenoxy) is 2. The van der Waals surface area contributed by atoms with E-state index in [9.17, 15) is 14.5 Å². The van der Waals surface area contributed by atoms with Gasteiger partial charge in [0.1, 0.15) is 5.25 Å². The van der Waals surface area contributed by atoms with Crippen LogP contribution in [-0.2, 0) is 35.4 Å². The molecule has 18 heavy (non-hydrogen) atoms. The minimum Gasteiger partial charge on any atom is -0.793 e. The molecule has 0 amide bonds. The molecular formula is C9H16O6PS2-. The lowest BCUT2D eigenvalue weighted by Gasteiger charge is -2.28. The molecular weight excluding hydrogens is 299 g/mol. The summed E-state index contributed by atoms with van der Waals surface area (Å²) in [5, 5.41) is -0.979. The van der Waals surface area contributed by atoms with E-state index in [0.717, 1.165) is 0 Å². The summed E-state index contributed by atoms with van der Waals surface area (Å²) in [6.07, 6.45) is -0.249. The summed E-state index contributed by atoms with van der Waals surface area (Å²) in [5.41, 5.74) is -3.39. The number of carbonyl (C=O) groups is 2. The third kappa shape index (κ3) is 7.33. The van der Waals surface area contributed by atoms with Crippen LogP contribution in [0, 0.1) is 0 Å². The Morgan fingerprint density at radius 1 is 1.33 bits per heavy atom. The number of hydrogen-bond acceptors (Lipinski definition) is 8. The molecule has 0 aliphatic carbocycles. The van der Waals surface area contributed by atoms with Crippen molar-refractivity contribution in [3.05, 3.63) is 0 Å². The number of esters is 2. The first-order chi connectivity index (χ1) is 8.36. The molecule has 0 saturated heterocycles. The Bertz CT molecular complexity index is 335. The molecule has 0 aliphatic rings. The second kappa shape index (κ2) is 8.87. The molecule has 0 aliphatic heterocycles. The second-order valence-electron chi connectivity index (χ2n) is 2.99. The molecule has 0 aromatic heterocycles. The van der Waals surface area contributed by atoms with Gasteiger partial charge in [0.2, 0.25) is 0 Å². The van der Waals surface area contributed by atoms with Crippen molar-refractivity contribution in [3.63, 3.8) is 0 Å². The van der Waals surface area contributed by atoms with Crippen LogP contribution in [-0.4, -0.2) is 37.5 Å². The maximum atomic E-state index is 11.6. The predicted molar refractivity (Wildman–Crippen MR) is 70.6 cm³/mol. The summed E-state index contributed by atoms with van der Waals surface area (Å²) < 4.78 is 14.1. The van der Waals surface area contributed by atoms with Crippen LogP contribution >= 0.6 is 17.1 Å². The third-order valence-electron chi connectivity index (χ3n) is 1.69. The van der Waals surface area contributed by atoms with E-state index in [4.69, 9.17) is 9.47 Å². The van der Waals surface area contributed by atoms with E-state index in [1.807, 2.05) is 0 Å². The summed E-state index contributed by atoms with van der Waals surface area (Å²) >= 11 is 5.30. The molecule has 0 aromatic rings. The highest BCUT2D eigenvalue weighted by atomic mass is 32.9. The smallest absolute Gasteiger partial charge is 0.320 e. The van der Waals surface area contributed by atoms with Crippen molar-refractivity contribution in [2.75, 3.05) is 20.3 Å². The van der Waals surface area contributed by atoms with Gasteiger partial charge in [-0.1, -0.05) is 23.2 Å². The Balaban J connectivity index is 4.67. The van der Waals surface area contributed by atoms with E-state index in [1.165, 1.54) is 7.11 Å². The fourth-order valence-electron chi connectivity index (χ4n) is 0.969. The van der Waals surface area contributed by atoms with Gasteiger partial charge in [0.15, 0.2) is 0 Å². The first-order valence-electron chi connectivity index (χ1n) is 5.23. The van der Waals surface area contributed by atoms with Crippen molar-refractivity contribution in [2.24, 2.45) is 0 Å². The maximum absolute atomic E-state index is 11.6. The van der Waals surface area contributed by atoms with Crippen molar-refractivity contribution >= 4 is 40.8 Å². The van der Waals surface area contributed by atoms with Gasteiger partial charge in [0, 0.05) is 12.8 Å². The summed E-state index contributed by atoms with van der Waals surface area (Å²) in [6.45, 7) is 3.65. The molecule has 106 valence electrons. The van der Waals surface area contributed by atoms with Crippen LogP contribution in [0.1, 0.15) is 20.3 Å². The lowest BCUT2D eigenvalue weighted by atomic mass is 10.3. The molecule has 0 saturated carbocycles. The summed E-state index contributed by atoms with van der Waals surface area (Å²) in [6, 6.07) is 0. The lowest BCUT2D eigenvalue weighted by Crippen LogP contribution is -2.25. The zero-order valence-electron chi connectivity index (χ0n) is 10.4. The molecule has 9 heteroatoms. The Kier molecular flexibility index (Phi) is 8.81. The summed E-state index contributed by atoms with van der Waals surface area (Å²) in [5.74, 6) is -1.23. The Morgan fingerprint density at radius 2 is 1.89 bits per heavy atom. The van der Waals surface area contributed by atoms with Crippen molar-refractivity contribution < 1.29 is 28.5 Å². The van der Waals surface area contributed by atoms with Crippen LogP contribution in [0.2, 0.25) is 0 Å². The molecule has 0 rings (SSSR count). The highest BCUT2D eigenvalue weighted by molar-refractivity contribution is 8.67. The molecule has 0 bridgehead atoms. The summed E-state index contributed by atoms with van der Waals surface area (Å²) in [4.78, 5) is 34.6. The monoisotopic (exact) mass is 315 g/mol. The topological polar surface area (TPSA) is 84.9 Å². The van der Waals surface area contributed by atoms with Crippen molar-refractivity contribution in [2.45, 2.75) is 25.5 Å². The number of carbonyl (C=O) groups excluding carboxylic acids is 2. The Hall–Kier alpha value is -0.140. The molecule has 2 unspecified atom stereocenters. The fourth-order valence-corrected chi connectivity index (χ4v) is 4.34. The van der Waals surface area contributed by atoms with Gasteiger partial charge in [-0.05, 0) is 13.8 Å². The second-order valence-corrected chi connectivity index (χ2v) is 9.23. The van der Waals surface area contributed by atoms with Crippen LogP contribution in [0.4, 0.5) is 0 Å². The van der Waals surface area contributed by atoms with Gasteiger partial charge in [-0.25, -0.2) is 0 Å². The SMILES string of the molecule is CCOC(=O)CC(SP([O-])(=S)OC)C(=O)OCC. The highest BCUT2D eigenvalue weighted by Crippen LogP contribution is 2.54. The van der Waals surface area contributed by atoms with Gasteiger partial charge in [-0.15, -0.1) is 0 Å². The minimum atomic E-state index is -3.39. The van der Waals surface area contributed by atoms with E-state index < -0.39 is 22.9 Å². The van der Waals surface area contributed by atoms with Crippen LogP contribution in [0.15, 0.2) is 0 Å². The van der Waals surface area contributed by atoms with Crippen LogP contribution in [0.25, 0.3) is 0 Å². The molecule has 0 fully saturated rings. The molecule has 0 aromatic carbocycles. The molecule has 0 N–H and O–H groups in total. The van der Waals surface area contributed by atoms with Gasteiger partial charge in [-0.3, -0.25) is 9.59 Å². The maximum Gasteiger partial charge on any atom is 0.320 e. The van der Waals surface area contributed by atoms with Crippen molar-refractivity contribution in [1.29, 1.82) is 0 Å². The first-order valence-corrected chi connectivity index (χ1v) is 9.36. The van der Waals surface area contributed by atoms with Gasteiger partial charge in [0.05, 0.1) is 19.6 Å². The molecule has 6 nitrogen and oxygen atoms in total. The van der Waals surface area contributed by atoms with Gasteiger partial charge < -0.3 is 18.9 Å². The van der Waals surface area contributed by atoms with E-state index in [2.05, 4.69) is 16.3 Å². The quantitative estimate of drug-likeness (QED) is 0.481. The average molecular weight is 315 g/mol. The molecule has 2 atom stereocenters. The van der Waals surface area contributed by atoms with Crippen molar-refractivity contribution in [1.82, 2.24) is 0 Å². The van der Waals surface area contributed by atoms with Gasteiger partial charge >= 0.3 is 11.9 Å². The van der Waals surface area contributed by atoms with Crippen LogP contribution in [0.3, 0.4) is 0 Å². The standard InChI is InChI=1S/C9H17O6PS2/c1-4-14-8(10)6-7(9(11)15-5-2)18-16(12,17)13-3/h7H,4-6H2,1-3H3,(H,12,17)/p-1. The summed E-state index contributed by atoms with van der Waals surface area (Å²) in [7, 11) is 1.19. The zero-order valence-corrected chi connectivity index (χ0v) is 12.9. The number of hydrogen-bond donors (Lipinski definition) is 0. The molecule has 0 heterocycles. The average Bonchev–Trinajstić information content (AvgIpc) is 2.28. The van der Waals surface area contributed by atoms with E-state index in [-0.39, 0.29) is 19.6 Å². The van der Waals surface area contributed by atoms with Crippen LogP contribution in [0.5, 0.6) is 0 Å². The zero-order chi connectivity index (χ0) is 14.2. The Morgan fingerprint density at radius 3 is 2.33 bits per heavy atom.